The number of hydrogen-bond donors (Lipinski definition) is 0. The Morgan fingerprint density at radius 3 is 2.22 bits per heavy atom. The van der Waals surface area contributed by atoms with Gasteiger partial charge in [-0.1, -0.05) is 43.9 Å². The molecular weight excluding hydrogens is 418 g/mol. The van der Waals surface area contributed by atoms with Crippen LogP contribution in [0.5, 0.6) is 0 Å². The Morgan fingerprint density at radius 1 is 0.844 bits per heavy atom. The third-order valence-electron chi connectivity index (χ3n) is 7.01. The number of thiophene rings is 1. The van der Waals surface area contributed by atoms with Crippen molar-refractivity contribution in [3.63, 3.8) is 0 Å². The van der Waals surface area contributed by atoms with Gasteiger partial charge in [-0.15, -0.1) is 11.3 Å². The van der Waals surface area contributed by atoms with Gasteiger partial charge in [-0.25, -0.2) is 0 Å². The summed E-state index contributed by atoms with van der Waals surface area (Å²) in [5.41, 5.74) is 3.73. The summed E-state index contributed by atoms with van der Waals surface area (Å²) in [6, 6.07) is 12.6. The van der Waals surface area contributed by atoms with Gasteiger partial charge >= 0.3 is 0 Å². The van der Waals surface area contributed by atoms with Crippen molar-refractivity contribution in [1.29, 1.82) is 0 Å². The number of carbonyl (C=O) groups excluding carboxylic acids is 2. The summed E-state index contributed by atoms with van der Waals surface area (Å²) in [6.07, 6.45) is 6.46. The van der Waals surface area contributed by atoms with Crippen LogP contribution in [0.3, 0.4) is 0 Å². The van der Waals surface area contributed by atoms with Crippen molar-refractivity contribution >= 4 is 34.4 Å². The lowest BCUT2D eigenvalue weighted by Crippen LogP contribution is -2.48. The molecule has 5 rings (SSSR count). The van der Waals surface area contributed by atoms with Gasteiger partial charge in [0.05, 0.1) is 5.57 Å². The fraction of sp³-hybridized carbons (Fsp3) is 0.462. The van der Waals surface area contributed by atoms with Gasteiger partial charge in [-0.2, -0.15) is 0 Å². The van der Waals surface area contributed by atoms with Crippen LogP contribution in [0.1, 0.15) is 49.0 Å². The van der Waals surface area contributed by atoms with Crippen LogP contribution < -0.4 is 4.90 Å². The predicted octanol–water partition coefficient (Wildman–Crippen LogP) is 4.68. The first-order valence-corrected chi connectivity index (χ1v) is 12.7. The lowest BCUT2D eigenvalue weighted by Gasteiger charge is -2.38. The molecule has 3 aliphatic rings. The number of rotatable bonds is 4. The van der Waals surface area contributed by atoms with E-state index in [0.29, 0.717) is 11.3 Å². The average Bonchev–Trinajstić information content (AvgIpc) is 3.31. The minimum absolute atomic E-state index is 0.0403. The molecule has 0 atom stereocenters. The monoisotopic (exact) mass is 449 g/mol. The van der Waals surface area contributed by atoms with Crippen LogP contribution >= 0.6 is 11.3 Å². The van der Waals surface area contributed by atoms with E-state index in [4.69, 9.17) is 0 Å². The first-order chi connectivity index (χ1) is 15.6. The number of piperazine rings is 1. The number of amides is 2. The molecule has 1 saturated heterocycles. The molecule has 3 heterocycles. The minimum Gasteiger partial charge on any atom is -0.368 e. The van der Waals surface area contributed by atoms with Gasteiger partial charge in [0.1, 0.15) is 5.70 Å². The summed E-state index contributed by atoms with van der Waals surface area (Å²) in [6.45, 7) is 5.29. The lowest BCUT2D eigenvalue weighted by atomic mass is 10.1. The molecule has 5 nitrogen and oxygen atoms in total. The Labute approximate surface area is 194 Å². The number of aryl methyl sites for hydroxylation is 1. The number of hydrogen-bond acceptors (Lipinski definition) is 5. The smallest absolute Gasteiger partial charge is 0.278 e. The Balaban J connectivity index is 1.41. The zero-order chi connectivity index (χ0) is 22.1. The van der Waals surface area contributed by atoms with E-state index in [9.17, 15) is 9.59 Å². The van der Waals surface area contributed by atoms with E-state index in [1.54, 1.807) is 16.2 Å². The van der Waals surface area contributed by atoms with Gasteiger partial charge in [-0.3, -0.25) is 14.5 Å². The maximum Gasteiger partial charge on any atom is 0.278 e. The van der Waals surface area contributed by atoms with Crippen LogP contribution in [0.25, 0.3) is 5.57 Å². The molecule has 0 radical (unpaired) electrons. The molecule has 0 N–H and O–H groups in total. The summed E-state index contributed by atoms with van der Waals surface area (Å²) in [4.78, 5) is 34.4. The molecular formula is C26H31N3O2S. The normalized spacial score (nSPS) is 21.0. The molecule has 0 bridgehead atoms. The van der Waals surface area contributed by atoms with Crippen molar-refractivity contribution in [1.82, 2.24) is 9.80 Å². The van der Waals surface area contributed by atoms with Crippen molar-refractivity contribution in [2.24, 2.45) is 0 Å². The van der Waals surface area contributed by atoms with Crippen LogP contribution in [0.4, 0.5) is 5.69 Å². The van der Waals surface area contributed by atoms with Crippen molar-refractivity contribution in [2.45, 2.75) is 51.5 Å². The zero-order valence-corrected chi connectivity index (χ0v) is 19.6. The molecule has 1 aromatic heterocycles. The van der Waals surface area contributed by atoms with E-state index in [1.165, 1.54) is 24.1 Å². The lowest BCUT2D eigenvalue weighted by molar-refractivity contribution is -0.140. The second kappa shape index (κ2) is 9.10. The first kappa shape index (κ1) is 21.3. The average molecular weight is 450 g/mol. The molecule has 2 fully saturated rings. The Hall–Kier alpha value is -2.60. The molecule has 2 aromatic rings. The van der Waals surface area contributed by atoms with Gasteiger partial charge in [0.15, 0.2) is 0 Å². The highest BCUT2D eigenvalue weighted by atomic mass is 32.1. The highest BCUT2D eigenvalue weighted by Gasteiger charge is 2.45. The van der Waals surface area contributed by atoms with Crippen LogP contribution in [0.15, 0.2) is 47.5 Å². The molecule has 2 aliphatic heterocycles. The summed E-state index contributed by atoms with van der Waals surface area (Å²) < 4.78 is 0. The summed E-state index contributed by atoms with van der Waals surface area (Å²) in [7, 11) is 0. The third-order valence-corrected chi connectivity index (χ3v) is 7.90. The second-order valence-corrected chi connectivity index (χ2v) is 10.1. The zero-order valence-electron chi connectivity index (χ0n) is 18.8. The summed E-state index contributed by atoms with van der Waals surface area (Å²) >= 11 is 1.55. The standard InChI is InChI=1S/C26H31N3O2S/c1-19-8-6-11-21(18-19)27-13-15-28(16-14-27)24-23(22-12-7-17-32-22)25(30)29(26(24)31)20-9-4-2-3-5-10-20/h6-8,11-12,17-18,20H,2-5,9-10,13-16H2,1H3. The fourth-order valence-corrected chi connectivity index (χ4v) is 6.09. The topological polar surface area (TPSA) is 43.9 Å². The van der Waals surface area contributed by atoms with Crippen LogP contribution in [-0.4, -0.2) is 53.8 Å². The van der Waals surface area contributed by atoms with Gasteiger partial charge < -0.3 is 9.80 Å². The first-order valence-electron chi connectivity index (χ1n) is 11.9. The Bertz CT molecular complexity index is 1010. The Morgan fingerprint density at radius 2 is 1.56 bits per heavy atom. The van der Waals surface area contributed by atoms with Crippen LogP contribution in [0, 0.1) is 6.92 Å². The van der Waals surface area contributed by atoms with Gasteiger partial charge in [0.25, 0.3) is 11.8 Å². The molecule has 1 saturated carbocycles. The maximum atomic E-state index is 13.7. The number of imide groups is 1. The van der Waals surface area contributed by atoms with Crippen molar-refractivity contribution in [3.05, 3.63) is 57.9 Å². The van der Waals surface area contributed by atoms with Crippen molar-refractivity contribution in [2.75, 3.05) is 31.1 Å². The van der Waals surface area contributed by atoms with E-state index in [-0.39, 0.29) is 17.9 Å². The number of nitrogens with zero attached hydrogens (tertiary/aromatic N) is 3. The quantitative estimate of drug-likeness (QED) is 0.502. The van der Waals surface area contributed by atoms with Gasteiger partial charge in [0.2, 0.25) is 0 Å². The third kappa shape index (κ3) is 3.96. The SMILES string of the molecule is Cc1cccc(N2CCN(C3=C(c4cccs4)C(=O)N(C4CCCCCC4)C3=O)CC2)c1. The van der Waals surface area contributed by atoms with E-state index in [1.807, 2.05) is 17.5 Å². The molecule has 32 heavy (non-hydrogen) atoms. The summed E-state index contributed by atoms with van der Waals surface area (Å²) in [5, 5.41) is 1.99. The van der Waals surface area contributed by atoms with Crippen molar-refractivity contribution < 1.29 is 9.59 Å². The van der Waals surface area contributed by atoms with Crippen LogP contribution in [0.2, 0.25) is 0 Å². The summed E-state index contributed by atoms with van der Waals surface area (Å²) in [5.74, 6) is -0.158. The van der Waals surface area contributed by atoms with E-state index in [0.717, 1.165) is 56.7 Å². The fourth-order valence-electron chi connectivity index (χ4n) is 5.33. The molecule has 2 amide bonds. The molecule has 0 unspecified atom stereocenters. The predicted molar refractivity (Wildman–Crippen MR) is 130 cm³/mol. The molecule has 168 valence electrons. The van der Waals surface area contributed by atoms with Crippen molar-refractivity contribution in [3.8, 4) is 0 Å². The molecule has 0 spiro atoms. The highest BCUT2D eigenvalue weighted by Crippen LogP contribution is 2.37. The maximum absolute atomic E-state index is 13.7. The highest BCUT2D eigenvalue weighted by molar-refractivity contribution is 7.11. The number of anilines is 1. The van der Waals surface area contributed by atoms with E-state index < -0.39 is 0 Å². The Kier molecular flexibility index (Phi) is 6.05. The second-order valence-electron chi connectivity index (χ2n) is 9.14. The molecule has 6 heteroatoms. The number of benzene rings is 1. The molecule has 1 aromatic carbocycles. The largest absolute Gasteiger partial charge is 0.368 e. The van der Waals surface area contributed by atoms with Gasteiger partial charge in [-0.05, 0) is 48.9 Å². The van der Waals surface area contributed by atoms with E-state index >= 15 is 0 Å². The number of carbonyl (C=O) groups is 2. The van der Waals surface area contributed by atoms with Gasteiger partial charge in [0, 0.05) is 42.8 Å². The van der Waals surface area contributed by atoms with Crippen LogP contribution in [-0.2, 0) is 9.59 Å². The minimum atomic E-state index is -0.0829. The molecule has 1 aliphatic carbocycles. The van der Waals surface area contributed by atoms with E-state index in [2.05, 4.69) is 41.0 Å².